The van der Waals surface area contributed by atoms with Gasteiger partial charge in [-0.3, -0.25) is 4.79 Å². The summed E-state index contributed by atoms with van der Waals surface area (Å²) in [7, 11) is 0. The minimum absolute atomic E-state index is 0.141. The average Bonchev–Trinajstić information content (AvgIpc) is 2.27. The summed E-state index contributed by atoms with van der Waals surface area (Å²) in [5.41, 5.74) is 0.513. The predicted molar refractivity (Wildman–Crippen MR) is 66.4 cm³/mol. The van der Waals surface area contributed by atoms with Crippen LogP contribution in [0.5, 0.6) is 0 Å². The number of halogens is 1. The number of amides is 1. The Balaban J connectivity index is 2.79. The summed E-state index contributed by atoms with van der Waals surface area (Å²) >= 11 is 1.10. The number of carbonyl (C=O) groups is 1. The fraction of sp³-hybridized carbons (Fsp3) is 0.417. The number of benzene rings is 1. The van der Waals surface area contributed by atoms with E-state index in [2.05, 4.69) is 5.32 Å². The smallest absolute Gasteiger partial charge is 0.230 e. The van der Waals surface area contributed by atoms with Crippen molar-refractivity contribution in [1.29, 1.82) is 0 Å². The Hall–Kier alpha value is -1.07. The Morgan fingerprint density at radius 2 is 2.29 bits per heavy atom. The quantitative estimate of drug-likeness (QED) is 0.794. The monoisotopic (exact) mass is 257 g/mol. The van der Waals surface area contributed by atoms with E-state index in [0.29, 0.717) is 17.0 Å². The average molecular weight is 257 g/mol. The molecule has 1 rings (SSSR count). The zero-order valence-electron chi connectivity index (χ0n) is 9.87. The molecule has 0 bridgehead atoms. The third-order valence-corrected chi connectivity index (χ3v) is 3.29. The summed E-state index contributed by atoms with van der Waals surface area (Å²) in [6.45, 7) is 3.96. The summed E-state index contributed by atoms with van der Waals surface area (Å²) in [5, 5.41) is 12.2. The van der Waals surface area contributed by atoms with E-state index >= 15 is 0 Å². The zero-order chi connectivity index (χ0) is 12.8. The van der Waals surface area contributed by atoms with Crippen molar-refractivity contribution in [1.82, 2.24) is 5.32 Å². The molecule has 17 heavy (non-hydrogen) atoms. The van der Waals surface area contributed by atoms with Crippen LogP contribution in [0.25, 0.3) is 0 Å². The number of aliphatic hydroxyl groups excluding tert-OH is 1. The van der Waals surface area contributed by atoms with Gasteiger partial charge in [0.15, 0.2) is 0 Å². The van der Waals surface area contributed by atoms with Gasteiger partial charge in [0.2, 0.25) is 5.91 Å². The van der Waals surface area contributed by atoms with Crippen LogP contribution in [-0.4, -0.2) is 23.3 Å². The second kappa shape index (κ2) is 6.61. The lowest BCUT2D eigenvalue weighted by Gasteiger charge is -2.12. The van der Waals surface area contributed by atoms with Crippen molar-refractivity contribution < 1.29 is 14.3 Å². The third kappa shape index (κ3) is 4.02. The molecule has 0 heterocycles. The van der Waals surface area contributed by atoms with Gasteiger partial charge in [0.05, 0.1) is 11.9 Å². The molecule has 1 unspecified atom stereocenters. The summed E-state index contributed by atoms with van der Waals surface area (Å²) < 4.78 is 13.6. The fourth-order valence-electron chi connectivity index (χ4n) is 1.39. The molecule has 1 aromatic carbocycles. The van der Waals surface area contributed by atoms with E-state index in [1.807, 2.05) is 6.92 Å². The van der Waals surface area contributed by atoms with E-state index in [-0.39, 0.29) is 11.7 Å². The van der Waals surface area contributed by atoms with Gasteiger partial charge < -0.3 is 10.4 Å². The fourth-order valence-corrected chi connectivity index (χ4v) is 2.38. The topological polar surface area (TPSA) is 49.3 Å². The van der Waals surface area contributed by atoms with Crippen LogP contribution in [0.1, 0.15) is 25.5 Å². The molecule has 0 spiro atoms. The van der Waals surface area contributed by atoms with E-state index < -0.39 is 11.9 Å². The zero-order valence-corrected chi connectivity index (χ0v) is 10.7. The highest BCUT2D eigenvalue weighted by molar-refractivity contribution is 8.00. The van der Waals surface area contributed by atoms with Crippen LogP contribution < -0.4 is 5.32 Å². The first-order chi connectivity index (χ1) is 8.06. The molecule has 0 radical (unpaired) electrons. The van der Waals surface area contributed by atoms with Crippen molar-refractivity contribution in [2.24, 2.45) is 0 Å². The molecule has 0 fully saturated rings. The first kappa shape index (κ1) is 14.0. The highest BCUT2D eigenvalue weighted by Gasteiger charge is 2.14. The Morgan fingerprint density at radius 3 is 2.88 bits per heavy atom. The maximum absolute atomic E-state index is 13.6. The van der Waals surface area contributed by atoms with Crippen LogP contribution in [0.2, 0.25) is 0 Å². The van der Waals surface area contributed by atoms with Crippen molar-refractivity contribution in [2.45, 2.75) is 24.8 Å². The van der Waals surface area contributed by atoms with Crippen LogP contribution in [0, 0.1) is 5.82 Å². The van der Waals surface area contributed by atoms with E-state index in [4.69, 9.17) is 0 Å². The maximum atomic E-state index is 13.6. The minimum atomic E-state index is -0.748. The number of carbonyl (C=O) groups excluding carboxylic acids is 1. The molecule has 94 valence electrons. The lowest BCUT2D eigenvalue weighted by Crippen LogP contribution is -2.24. The van der Waals surface area contributed by atoms with Gasteiger partial charge in [-0.1, -0.05) is 12.1 Å². The van der Waals surface area contributed by atoms with Gasteiger partial charge in [-0.15, -0.1) is 11.8 Å². The molecule has 2 N–H and O–H groups in total. The Labute approximate surface area is 104 Å². The SMILES string of the molecule is CCNC(=O)CSc1c(F)cccc1C(C)O. The van der Waals surface area contributed by atoms with E-state index in [1.165, 1.54) is 6.07 Å². The van der Waals surface area contributed by atoms with Crippen LogP contribution in [0.4, 0.5) is 4.39 Å². The minimum Gasteiger partial charge on any atom is -0.389 e. The molecule has 0 aliphatic heterocycles. The maximum Gasteiger partial charge on any atom is 0.230 e. The molecule has 1 atom stereocenters. The molecule has 5 heteroatoms. The molecule has 0 aliphatic carbocycles. The Bertz CT molecular complexity index is 396. The van der Waals surface area contributed by atoms with E-state index in [0.717, 1.165) is 11.8 Å². The van der Waals surface area contributed by atoms with Crippen molar-refractivity contribution >= 4 is 17.7 Å². The lowest BCUT2D eigenvalue weighted by molar-refractivity contribution is -0.118. The molecule has 0 aliphatic rings. The van der Waals surface area contributed by atoms with Gasteiger partial charge in [-0.2, -0.15) is 0 Å². The summed E-state index contributed by atoms with van der Waals surface area (Å²) in [6, 6.07) is 4.54. The first-order valence-corrected chi connectivity index (χ1v) is 6.40. The molecule has 0 saturated carbocycles. The highest BCUT2D eigenvalue weighted by Crippen LogP contribution is 2.29. The van der Waals surface area contributed by atoms with Gasteiger partial charge in [-0.25, -0.2) is 4.39 Å². The Kier molecular flexibility index (Phi) is 5.44. The van der Waals surface area contributed by atoms with Crippen LogP contribution >= 0.6 is 11.8 Å². The van der Waals surface area contributed by atoms with E-state index in [9.17, 15) is 14.3 Å². The number of nitrogens with one attached hydrogen (secondary N) is 1. The normalized spacial score (nSPS) is 12.2. The molecule has 1 amide bonds. The molecule has 3 nitrogen and oxygen atoms in total. The summed E-state index contributed by atoms with van der Waals surface area (Å²) in [6.07, 6.45) is -0.748. The van der Waals surface area contributed by atoms with Crippen LogP contribution in [0.3, 0.4) is 0 Å². The number of hydrogen-bond donors (Lipinski definition) is 2. The van der Waals surface area contributed by atoms with Gasteiger partial charge in [0.1, 0.15) is 5.82 Å². The van der Waals surface area contributed by atoms with Crippen molar-refractivity contribution in [3.63, 3.8) is 0 Å². The van der Waals surface area contributed by atoms with Crippen molar-refractivity contribution in [2.75, 3.05) is 12.3 Å². The second-order valence-electron chi connectivity index (χ2n) is 3.58. The molecule has 0 aromatic heterocycles. The number of rotatable bonds is 5. The lowest BCUT2D eigenvalue weighted by atomic mass is 10.1. The summed E-state index contributed by atoms with van der Waals surface area (Å²) in [4.78, 5) is 11.6. The van der Waals surface area contributed by atoms with Gasteiger partial charge in [0, 0.05) is 11.4 Å². The predicted octanol–water partition coefficient (Wildman–Crippen LogP) is 2.11. The van der Waals surface area contributed by atoms with Crippen LogP contribution in [0.15, 0.2) is 23.1 Å². The first-order valence-electron chi connectivity index (χ1n) is 5.42. The highest BCUT2D eigenvalue weighted by atomic mass is 32.2. The largest absolute Gasteiger partial charge is 0.389 e. The molecule has 0 saturated heterocycles. The van der Waals surface area contributed by atoms with Gasteiger partial charge in [0.25, 0.3) is 0 Å². The number of thioether (sulfide) groups is 1. The number of hydrogen-bond acceptors (Lipinski definition) is 3. The summed E-state index contributed by atoms with van der Waals surface area (Å²) in [5.74, 6) is -0.399. The van der Waals surface area contributed by atoms with Crippen molar-refractivity contribution in [3.05, 3.63) is 29.6 Å². The van der Waals surface area contributed by atoms with Gasteiger partial charge >= 0.3 is 0 Å². The van der Waals surface area contributed by atoms with Gasteiger partial charge in [-0.05, 0) is 25.5 Å². The molecular weight excluding hydrogens is 241 g/mol. The van der Waals surface area contributed by atoms with Crippen LogP contribution in [-0.2, 0) is 4.79 Å². The standard InChI is InChI=1S/C12H16FNO2S/c1-3-14-11(16)7-17-12-9(8(2)15)5-4-6-10(12)13/h4-6,8,15H,3,7H2,1-2H3,(H,14,16). The molecule has 1 aromatic rings. The molecular formula is C12H16FNO2S. The number of aliphatic hydroxyl groups is 1. The Morgan fingerprint density at radius 1 is 1.59 bits per heavy atom. The second-order valence-corrected chi connectivity index (χ2v) is 4.56. The van der Waals surface area contributed by atoms with Crippen molar-refractivity contribution in [3.8, 4) is 0 Å². The third-order valence-electron chi connectivity index (χ3n) is 2.17. The van der Waals surface area contributed by atoms with E-state index in [1.54, 1.807) is 19.1 Å².